The number of nitrogens with zero attached hydrogens (tertiary/aromatic N) is 2. The van der Waals surface area contributed by atoms with Gasteiger partial charge in [0, 0.05) is 19.5 Å². The van der Waals surface area contributed by atoms with Crippen molar-refractivity contribution in [3.8, 4) is 0 Å². The van der Waals surface area contributed by atoms with Crippen LogP contribution in [-0.4, -0.2) is 51.6 Å². The molecule has 2 amide bonds. The number of hydrogen-bond acceptors (Lipinski definition) is 2. The molecule has 2 atom stereocenters. The zero-order valence-corrected chi connectivity index (χ0v) is 12.2. The quantitative estimate of drug-likeness (QED) is 0.925. The van der Waals surface area contributed by atoms with Crippen molar-refractivity contribution in [2.24, 2.45) is 0 Å². The molecule has 1 aromatic carbocycles. The Morgan fingerprint density at radius 1 is 1.38 bits per heavy atom. The number of carbonyl (C=O) groups is 2. The number of fused-ring (bicyclic) bond motifs is 1. The Balaban J connectivity index is 1.98. The van der Waals surface area contributed by atoms with Gasteiger partial charge in [-0.05, 0) is 18.4 Å². The molecule has 2 fully saturated rings. The molecule has 1 aromatic rings. The fourth-order valence-corrected chi connectivity index (χ4v) is 3.50. The van der Waals surface area contributed by atoms with Gasteiger partial charge in [0.2, 0.25) is 5.91 Å². The van der Waals surface area contributed by atoms with Crippen molar-refractivity contribution < 1.29 is 14.7 Å². The van der Waals surface area contributed by atoms with E-state index in [1.165, 1.54) is 4.90 Å². The number of hydrogen-bond donors (Lipinski definition) is 1. The summed E-state index contributed by atoms with van der Waals surface area (Å²) in [6.45, 7) is 3.09. The SMILES string of the molecule is CCC1(Cc2ccccc2)C(=O)N2CCC2CN1C(=O)O. The predicted octanol–water partition coefficient (Wildman–Crippen LogP) is 1.97. The van der Waals surface area contributed by atoms with Crippen LogP contribution in [0, 0.1) is 0 Å². The molecule has 2 aliphatic rings. The van der Waals surface area contributed by atoms with Gasteiger partial charge in [0.1, 0.15) is 5.54 Å². The minimum Gasteiger partial charge on any atom is -0.465 e. The van der Waals surface area contributed by atoms with Crippen molar-refractivity contribution in [3.63, 3.8) is 0 Å². The molecule has 3 rings (SSSR count). The van der Waals surface area contributed by atoms with Crippen LogP contribution in [0.1, 0.15) is 25.3 Å². The molecule has 0 spiro atoms. The van der Waals surface area contributed by atoms with Crippen LogP contribution in [0.5, 0.6) is 0 Å². The Hall–Kier alpha value is -2.04. The van der Waals surface area contributed by atoms with Crippen molar-refractivity contribution in [2.45, 2.75) is 37.8 Å². The number of carboxylic acid groups (broad SMARTS) is 1. The van der Waals surface area contributed by atoms with Gasteiger partial charge in [-0.2, -0.15) is 0 Å². The van der Waals surface area contributed by atoms with Gasteiger partial charge >= 0.3 is 6.09 Å². The third-order valence-electron chi connectivity index (χ3n) is 4.87. The number of piperazine rings is 1. The highest BCUT2D eigenvalue weighted by atomic mass is 16.4. The first-order chi connectivity index (χ1) is 10.1. The van der Waals surface area contributed by atoms with Gasteiger partial charge in [-0.3, -0.25) is 9.69 Å². The lowest BCUT2D eigenvalue weighted by Gasteiger charge is -2.56. The first-order valence-corrected chi connectivity index (χ1v) is 7.44. The monoisotopic (exact) mass is 288 g/mol. The molecule has 0 bridgehead atoms. The lowest BCUT2D eigenvalue weighted by atomic mass is 9.79. The molecule has 2 saturated heterocycles. The third kappa shape index (κ3) is 2.07. The van der Waals surface area contributed by atoms with Crippen molar-refractivity contribution in [3.05, 3.63) is 35.9 Å². The van der Waals surface area contributed by atoms with Crippen LogP contribution in [0.3, 0.4) is 0 Å². The minimum absolute atomic E-state index is 0.0289. The van der Waals surface area contributed by atoms with Gasteiger partial charge in [-0.15, -0.1) is 0 Å². The minimum atomic E-state index is -0.993. The van der Waals surface area contributed by atoms with E-state index in [2.05, 4.69) is 0 Å². The van der Waals surface area contributed by atoms with Crippen LogP contribution in [0.15, 0.2) is 30.3 Å². The average molecular weight is 288 g/mol. The molecule has 2 aliphatic heterocycles. The number of amides is 2. The van der Waals surface area contributed by atoms with Crippen LogP contribution >= 0.6 is 0 Å². The van der Waals surface area contributed by atoms with E-state index in [4.69, 9.17) is 0 Å². The molecule has 21 heavy (non-hydrogen) atoms. The van der Waals surface area contributed by atoms with Gasteiger partial charge < -0.3 is 10.0 Å². The maximum atomic E-state index is 12.9. The Morgan fingerprint density at radius 3 is 2.62 bits per heavy atom. The average Bonchev–Trinajstić information content (AvgIpc) is 2.44. The topological polar surface area (TPSA) is 60.9 Å². The van der Waals surface area contributed by atoms with Gasteiger partial charge in [0.15, 0.2) is 0 Å². The van der Waals surface area contributed by atoms with E-state index < -0.39 is 11.6 Å². The van der Waals surface area contributed by atoms with E-state index in [0.29, 0.717) is 19.4 Å². The summed E-state index contributed by atoms with van der Waals surface area (Å²) in [6.07, 6.45) is 0.850. The standard InChI is InChI=1S/C16H20N2O3/c1-2-16(10-12-6-4-3-5-7-12)14(19)17-9-8-13(17)11-18(16)15(20)21/h3-7,13H,2,8-11H2,1H3,(H,20,21). The lowest BCUT2D eigenvalue weighted by Crippen LogP contribution is -2.74. The molecule has 2 unspecified atom stereocenters. The van der Waals surface area contributed by atoms with Crippen molar-refractivity contribution in [2.75, 3.05) is 13.1 Å². The zero-order valence-electron chi connectivity index (χ0n) is 12.2. The van der Waals surface area contributed by atoms with E-state index >= 15 is 0 Å². The van der Waals surface area contributed by atoms with Crippen LogP contribution < -0.4 is 0 Å². The second-order valence-corrected chi connectivity index (χ2v) is 5.88. The molecule has 1 N–H and O–H groups in total. The van der Waals surface area contributed by atoms with E-state index in [1.54, 1.807) is 0 Å². The van der Waals surface area contributed by atoms with E-state index in [0.717, 1.165) is 18.5 Å². The molecule has 5 nitrogen and oxygen atoms in total. The summed E-state index contributed by atoms with van der Waals surface area (Å²) in [5.41, 5.74) is 0.0438. The molecule has 2 heterocycles. The number of rotatable bonds is 3. The van der Waals surface area contributed by atoms with Gasteiger partial charge in [0.25, 0.3) is 0 Å². The first kappa shape index (κ1) is 13.9. The molecule has 0 radical (unpaired) electrons. The first-order valence-electron chi connectivity index (χ1n) is 7.44. The van der Waals surface area contributed by atoms with Gasteiger partial charge in [-0.25, -0.2) is 4.79 Å². The summed E-state index contributed by atoms with van der Waals surface area (Å²) in [4.78, 5) is 27.8. The highest BCUT2D eigenvalue weighted by Gasteiger charge is 2.55. The molecule has 0 aliphatic carbocycles. The summed E-state index contributed by atoms with van der Waals surface area (Å²) in [7, 11) is 0. The maximum Gasteiger partial charge on any atom is 0.408 e. The Bertz CT molecular complexity index is 560. The number of carbonyl (C=O) groups excluding carboxylic acids is 1. The summed E-state index contributed by atoms with van der Waals surface area (Å²) < 4.78 is 0. The summed E-state index contributed by atoms with van der Waals surface area (Å²) in [5, 5.41) is 9.58. The highest BCUT2D eigenvalue weighted by Crippen LogP contribution is 2.37. The van der Waals surface area contributed by atoms with Gasteiger partial charge in [0.05, 0.1) is 6.04 Å². The Kier molecular flexibility index (Phi) is 3.35. The highest BCUT2D eigenvalue weighted by molar-refractivity contribution is 5.92. The van der Waals surface area contributed by atoms with Gasteiger partial charge in [-0.1, -0.05) is 37.3 Å². The van der Waals surface area contributed by atoms with E-state index in [9.17, 15) is 14.7 Å². The zero-order chi connectivity index (χ0) is 15.0. The second-order valence-electron chi connectivity index (χ2n) is 5.88. The van der Waals surface area contributed by atoms with E-state index in [1.807, 2.05) is 42.2 Å². The summed E-state index contributed by atoms with van der Waals surface area (Å²) >= 11 is 0. The molecular weight excluding hydrogens is 268 g/mol. The fourth-order valence-electron chi connectivity index (χ4n) is 3.50. The maximum absolute atomic E-state index is 12.9. The molecule has 5 heteroatoms. The molecular formula is C16H20N2O3. The normalized spacial score (nSPS) is 28.0. The van der Waals surface area contributed by atoms with Crippen LogP contribution in [0.25, 0.3) is 0 Å². The Labute approximate surface area is 124 Å². The third-order valence-corrected chi connectivity index (χ3v) is 4.87. The van der Waals surface area contributed by atoms with Crippen LogP contribution in [0.2, 0.25) is 0 Å². The Morgan fingerprint density at radius 2 is 2.10 bits per heavy atom. The fraction of sp³-hybridized carbons (Fsp3) is 0.500. The molecule has 0 saturated carbocycles. The number of benzene rings is 1. The van der Waals surface area contributed by atoms with Crippen molar-refractivity contribution >= 4 is 12.0 Å². The van der Waals surface area contributed by atoms with Crippen LogP contribution in [0.4, 0.5) is 4.79 Å². The van der Waals surface area contributed by atoms with Crippen molar-refractivity contribution in [1.82, 2.24) is 9.80 Å². The largest absolute Gasteiger partial charge is 0.465 e. The lowest BCUT2D eigenvalue weighted by molar-refractivity contribution is -0.163. The summed E-state index contributed by atoms with van der Waals surface area (Å²) in [5.74, 6) is -0.0289. The predicted molar refractivity (Wildman–Crippen MR) is 78.0 cm³/mol. The summed E-state index contributed by atoms with van der Waals surface area (Å²) in [6, 6.07) is 9.74. The molecule has 112 valence electrons. The van der Waals surface area contributed by atoms with E-state index in [-0.39, 0.29) is 11.9 Å². The van der Waals surface area contributed by atoms with Crippen molar-refractivity contribution in [1.29, 1.82) is 0 Å². The second kappa shape index (κ2) is 5.06. The smallest absolute Gasteiger partial charge is 0.408 e. The molecule has 0 aromatic heterocycles. The van der Waals surface area contributed by atoms with Crippen LogP contribution in [-0.2, 0) is 11.2 Å².